The lowest BCUT2D eigenvalue weighted by Crippen LogP contribution is -2.57. The molecule has 372 valence electrons. The van der Waals surface area contributed by atoms with Gasteiger partial charge in [0.05, 0.1) is 33.9 Å². The maximum absolute atomic E-state index is 14.1. The molecule has 4 heterocycles. The monoisotopic (exact) mass is 975 g/mol. The minimum Gasteiger partial charge on any atom is -0.391 e. The summed E-state index contributed by atoms with van der Waals surface area (Å²) in [6, 6.07) is 16.6. The standard InChI is InChI=1S/C52H65N9O8S/c1-30-45(70-29-57-30)35-17-15-32(16-18-35)26-56-48(66)40-25-37(62)28-60(40)51(69)46(52(2,3)4)59-43(64)14-6-5-9-31-10-7-11-33(23-31)27-55-47(65)39(21-22-42(54)63)58-49(67)41-24-36-13-8-12-34-19-20-38(53)50(68)61(41)44(34)36/h7-8,10-13,15-18,23,29,37-41,46,62H,5-6,9,14,19-22,24-28,53H2,1-4H3,(H2,54,63)(H,55,65)(H,56,66)(H,58,67)(H,59,64)/t37-,38+,39+,40+,41+,46-/m1/s1. The van der Waals surface area contributed by atoms with Crippen LogP contribution in [-0.4, -0.2) is 99.2 Å². The van der Waals surface area contributed by atoms with Gasteiger partial charge in [-0.3, -0.25) is 38.5 Å². The number of carbonyl (C=O) groups is 7. The molecule has 18 heteroatoms. The number of anilines is 1. The number of aliphatic hydroxyl groups is 1. The Bertz CT molecular complexity index is 2590. The number of carbonyl (C=O) groups excluding carboxylic acids is 7. The van der Waals surface area contributed by atoms with E-state index in [4.69, 9.17) is 11.5 Å². The Labute approximate surface area is 412 Å². The van der Waals surface area contributed by atoms with Crippen molar-refractivity contribution in [2.24, 2.45) is 16.9 Å². The number of benzene rings is 3. The van der Waals surface area contributed by atoms with Crippen LogP contribution in [0.25, 0.3) is 10.4 Å². The molecule has 0 radical (unpaired) electrons. The Kier molecular flexibility index (Phi) is 16.5. The largest absolute Gasteiger partial charge is 0.391 e. The number of aryl methyl sites for hydroxylation is 3. The summed E-state index contributed by atoms with van der Waals surface area (Å²) in [6.45, 7) is 7.86. The molecule has 1 aromatic heterocycles. The molecule has 7 rings (SSSR count). The second-order valence-electron chi connectivity index (χ2n) is 19.8. The lowest BCUT2D eigenvalue weighted by atomic mass is 9.85. The van der Waals surface area contributed by atoms with Crippen molar-refractivity contribution in [3.63, 3.8) is 0 Å². The number of primary amides is 1. The van der Waals surface area contributed by atoms with Crippen LogP contribution >= 0.6 is 11.3 Å². The SMILES string of the molecule is Cc1ncsc1-c1ccc(CNC(=O)[C@@H]2C[C@@H](O)CN2C(=O)[C@@H](NC(=O)CCCCc2cccc(CNC(=O)[C@H](CCC(N)=O)NC(=O)[C@@H]3Cc4cccc5c4N3C(=O)[C@@H](N)CC5)c2)C(C)(C)C)cc1. The van der Waals surface area contributed by atoms with E-state index in [0.717, 1.165) is 44.0 Å². The van der Waals surface area contributed by atoms with Crippen LogP contribution in [-0.2, 0) is 65.9 Å². The second-order valence-corrected chi connectivity index (χ2v) is 20.6. The van der Waals surface area contributed by atoms with E-state index in [2.05, 4.69) is 26.3 Å². The molecule has 17 nitrogen and oxygen atoms in total. The average Bonchev–Trinajstić information content (AvgIpc) is 4.05. The van der Waals surface area contributed by atoms with Crippen LogP contribution in [0.15, 0.2) is 72.2 Å². The van der Waals surface area contributed by atoms with E-state index in [-0.39, 0.29) is 69.5 Å². The number of amides is 7. The van der Waals surface area contributed by atoms with Crippen LogP contribution in [0.5, 0.6) is 0 Å². The molecule has 0 saturated carbocycles. The molecule has 3 aliphatic rings. The number of para-hydroxylation sites is 1. The summed E-state index contributed by atoms with van der Waals surface area (Å²) in [5.74, 6) is -3.11. The Morgan fingerprint density at radius 3 is 2.30 bits per heavy atom. The van der Waals surface area contributed by atoms with E-state index >= 15 is 0 Å². The summed E-state index contributed by atoms with van der Waals surface area (Å²) in [5, 5.41) is 22.2. The number of aromatic nitrogens is 1. The van der Waals surface area contributed by atoms with E-state index in [1.54, 1.807) is 16.8 Å². The number of nitrogens with zero attached hydrogens (tertiary/aromatic N) is 3. The summed E-state index contributed by atoms with van der Waals surface area (Å²) in [5.41, 5.74) is 19.9. The van der Waals surface area contributed by atoms with Crippen molar-refractivity contribution in [1.29, 1.82) is 0 Å². The highest BCUT2D eigenvalue weighted by Crippen LogP contribution is 2.39. The topological polar surface area (TPSA) is 259 Å². The van der Waals surface area contributed by atoms with Gasteiger partial charge in [-0.15, -0.1) is 11.3 Å². The Hall–Kier alpha value is -6.50. The number of rotatable bonds is 19. The van der Waals surface area contributed by atoms with Gasteiger partial charge in [-0.05, 0) is 84.2 Å². The number of hydrogen-bond acceptors (Lipinski definition) is 11. The molecule has 0 bridgehead atoms. The number of likely N-dealkylation sites (tertiary alicyclic amines) is 1. The third-order valence-corrected chi connectivity index (χ3v) is 14.3. The second kappa shape index (κ2) is 22.5. The van der Waals surface area contributed by atoms with E-state index < -0.39 is 65.4 Å². The molecule has 7 amide bonds. The number of aliphatic hydroxyl groups excluding tert-OH is 1. The number of thiazole rings is 1. The fourth-order valence-electron chi connectivity index (χ4n) is 9.52. The smallest absolute Gasteiger partial charge is 0.246 e. The first kappa shape index (κ1) is 51.4. The lowest BCUT2D eigenvalue weighted by molar-refractivity contribution is -0.144. The number of hydrogen-bond donors (Lipinski definition) is 7. The van der Waals surface area contributed by atoms with Gasteiger partial charge in [0, 0.05) is 45.3 Å². The molecule has 1 fully saturated rings. The average molecular weight is 976 g/mol. The van der Waals surface area contributed by atoms with Gasteiger partial charge in [0.15, 0.2) is 0 Å². The minimum absolute atomic E-state index is 0.0217. The van der Waals surface area contributed by atoms with E-state index in [1.807, 2.05) is 94.4 Å². The number of nitrogens with one attached hydrogen (secondary N) is 4. The quantitative estimate of drug-likeness (QED) is 0.0675. The normalized spacial score (nSPS) is 19.4. The summed E-state index contributed by atoms with van der Waals surface area (Å²) in [4.78, 5) is 102. The van der Waals surface area contributed by atoms with Gasteiger partial charge in [-0.2, -0.15) is 0 Å². The van der Waals surface area contributed by atoms with Crippen LogP contribution in [0, 0.1) is 12.3 Å². The first-order chi connectivity index (χ1) is 33.4. The predicted molar refractivity (Wildman–Crippen MR) is 266 cm³/mol. The van der Waals surface area contributed by atoms with Crippen molar-refractivity contribution in [2.45, 2.75) is 141 Å². The first-order valence-electron chi connectivity index (χ1n) is 24.1. The van der Waals surface area contributed by atoms with Crippen molar-refractivity contribution < 1.29 is 38.7 Å². The molecule has 1 saturated heterocycles. The molecule has 6 atom stereocenters. The molecule has 0 aliphatic carbocycles. The predicted octanol–water partition coefficient (Wildman–Crippen LogP) is 3.24. The fourth-order valence-corrected chi connectivity index (χ4v) is 10.3. The first-order valence-corrected chi connectivity index (χ1v) is 24.9. The van der Waals surface area contributed by atoms with E-state index in [1.165, 1.54) is 9.80 Å². The van der Waals surface area contributed by atoms with Crippen molar-refractivity contribution in [1.82, 2.24) is 31.2 Å². The molecule has 0 spiro atoms. The molecule has 3 aromatic carbocycles. The molecule has 4 aromatic rings. The van der Waals surface area contributed by atoms with Gasteiger partial charge < -0.3 is 42.7 Å². The van der Waals surface area contributed by atoms with Crippen LogP contribution in [0.4, 0.5) is 5.69 Å². The molecular weight excluding hydrogens is 911 g/mol. The zero-order chi connectivity index (χ0) is 50.3. The molecule has 70 heavy (non-hydrogen) atoms. The van der Waals surface area contributed by atoms with Crippen molar-refractivity contribution in [3.8, 4) is 10.4 Å². The third-order valence-electron chi connectivity index (χ3n) is 13.4. The highest BCUT2D eigenvalue weighted by atomic mass is 32.1. The van der Waals surface area contributed by atoms with E-state index in [9.17, 15) is 38.7 Å². The van der Waals surface area contributed by atoms with Crippen LogP contribution < -0.4 is 37.6 Å². The Morgan fingerprint density at radius 1 is 0.871 bits per heavy atom. The highest BCUT2D eigenvalue weighted by Gasteiger charge is 2.45. The molecule has 9 N–H and O–H groups in total. The molecular formula is C52H65N9O8S. The van der Waals surface area contributed by atoms with Gasteiger partial charge >= 0.3 is 0 Å². The third kappa shape index (κ3) is 12.4. The van der Waals surface area contributed by atoms with Gasteiger partial charge in [0.2, 0.25) is 41.4 Å². The summed E-state index contributed by atoms with van der Waals surface area (Å²) in [6.07, 6.45) is 2.34. The lowest BCUT2D eigenvalue weighted by Gasteiger charge is -2.35. The van der Waals surface area contributed by atoms with Crippen molar-refractivity contribution in [2.75, 3.05) is 11.4 Å². The number of β-amino-alcohol motifs (C(OH)–C–C–N with tert-alkyl or cyclic N) is 1. The zero-order valence-electron chi connectivity index (χ0n) is 40.3. The number of unbranched alkanes of at least 4 members (excludes halogenated alkanes) is 1. The molecule has 3 aliphatic heterocycles. The van der Waals surface area contributed by atoms with Gasteiger partial charge in [-0.25, -0.2) is 4.98 Å². The fraction of sp³-hybridized carbons (Fsp3) is 0.462. The van der Waals surface area contributed by atoms with Crippen molar-refractivity contribution >= 4 is 58.4 Å². The summed E-state index contributed by atoms with van der Waals surface area (Å²) >= 11 is 1.56. The Balaban J connectivity index is 0.880. The van der Waals surface area contributed by atoms with Crippen molar-refractivity contribution in [3.05, 3.63) is 106 Å². The maximum Gasteiger partial charge on any atom is 0.246 e. The summed E-state index contributed by atoms with van der Waals surface area (Å²) in [7, 11) is 0. The van der Waals surface area contributed by atoms with Gasteiger partial charge in [-0.1, -0.05) is 87.5 Å². The van der Waals surface area contributed by atoms with Crippen LogP contribution in [0.1, 0.15) is 99.2 Å². The number of nitrogens with two attached hydrogens (primary N) is 2. The van der Waals surface area contributed by atoms with Crippen LogP contribution in [0.3, 0.4) is 0 Å². The van der Waals surface area contributed by atoms with Gasteiger partial charge in [0.1, 0.15) is 24.2 Å². The zero-order valence-corrected chi connectivity index (χ0v) is 41.1. The maximum atomic E-state index is 14.1. The van der Waals surface area contributed by atoms with E-state index in [0.29, 0.717) is 37.8 Å². The molecule has 0 unspecified atom stereocenters. The van der Waals surface area contributed by atoms with Crippen LogP contribution in [0.2, 0.25) is 0 Å². The summed E-state index contributed by atoms with van der Waals surface area (Å²) < 4.78 is 0. The van der Waals surface area contributed by atoms with Gasteiger partial charge in [0.25, 0.3) is 0 Å². The minimum atomic E-state index is -1.09. The Morgan fingerprint density at radius 2 is 1.59 bits per heavy atom. The highest BCUT2D eigenvalue weighted by molar-refractivity contribution is 7.13.